The van der Waals surface area contributed by atoms with Gasteiger partial charge in [0, 0.05) is 25.3 Å². The Balaban J connectivity index is 1.27. The molecule has 1 amide bonds. The number of aliphatic hydroxyl groups excluding tert-OH is 1. The third kappa shape index (κ3) is 3.11. The molecule has 2 unspecified atom stereocenters. The first-order chi connectivity index (χ1) is 13.0. The van der Waals surface area contributed by atoms with Crippen molar-refractivity contribution in [3.05, 3.63) is 17.5 Å². The number of anilines is 1. The van der Waals surface area contributed by atoms with Crippen LogP contribution in [0.1, 0.15) is 44.9 Å². The summed E-state index contributed by atoms with van der Waals surface area (Å²) in [7, 11) is 0. The highest BCUT2D eigenvalue weighted by molar-refractivity contribution is 6.28. The zero-order chi connectivity index (χ0) is 18.6. The first-order valence-electron chi connectivity index (χ1n) is 10.2. The Kier molecular flexibility index (Phi) is 4.32. The van der Waals surface area contributed by atoms with Gasteiger partial charge in [0.1, 0.15) is 5.82 Å². The van der Waals surface area contributed by atoms with Crippen LogP contribution in [0.25, 0.3) is 0 Å². The van der Waals surface area contributed by atoms with Crippen LogP contribution in [0.15, 0.2) is 12.3 Å². The van der Waals surface area contributed by atoms with Gasteiger partial charge < -0.3 is 15.3 Å². The molecule has 4 aliphatic carbocycles. The average Bonchev–Trinajstić information content (AvgIpc) is 2.65. The lowest BCUT2D eigenvalue weighted by Gasteiger charge is -2.58. The van der Waals surface area contributed by atoms with Crippen LogP contribution < -0.4 is 10.2 Å². The Labute approximate surface area is 164 Å². The van der Waals surface area contributed by atoms with Crippen molar-refractivity contribution in [1.82, 2.24) is 15.3 Å². The van der Waals surface area contributed by atoms with Gasteiger partial charge in [0.2, 0.25) is 11.2 Å². The van der Waals surface area contributed by atoms with Gasteiger partial charge in [0.05, 0.1) is 11.5 Å². The summed E-state index contributed by atoms with van der Waals surface area (Å²) in [5, 5.41) is 14.1. The van der Waals surface area contributed by atoms with E-state index in [1.54, 1.807) is 6.20 Å². The number of nitrogens with one attached hydrogen (secondary N) is 1. The smallest absolute Gasteiger partial charge is 0.226 e. The lowest BCUT2D eigenvalue weighted by molar-refractivity contribution is -0.163. The van der Waals surface area contributed by atoms with Crippen LogP contribution >= 0.6 is 11.6 Å². The van der Waals surface area contributed by atoms with E-state index in [4.69, 9.17) is 11.6 Å². The van der Waals surface area contributed by atoms with Crippen molar-refractivity contribution in [3.63, 3.8) is 0 Å². The first-order valence-corrected chi connectivity index (χ1v) is 10.6. The van der Waals surface area contributed by atoms with Crippen molar-refractivity contribution in [2.45, 2.75) is 57.1 Å². The third-order valence-electron chi connectivity index (χ3n) is 7.40. The molecule has 1 aromatic heterocycles. The summed E-state index contributed by atoms with van der Waals surface area (Å²) < 4.78 is 0. The SMILES string of the molecule is O=C(N[C@H]1CCCN(c2ccnc(Cl)n2)C1)C12CC3CC(C1)C(O)C(C3)C2. The summed E-state index contributed by atoms with van der Waals surface area (Å²) >= 11 is 5.93. The van der Waals surface area contributed by atoms with Crippen LogP contribution in [0.5, 0.6) is 0 Å². The van der Waals surface area contributed by atoms with Gasteiger partial charge in [-0.1, -0.05) is 0 Å². The van der Waals surface area contributed by atoms with Crippen molar-refractivity contribution >= 4 is 23.3 Å². The molecule has 7 heteroatoms. The highest BCUT2D eigenvalue weighted by Gasteiger charge is 2.58. The fourth-order valence-corrected chi connectivity index (χ4v) is 6.56. The number of carbonyl (C=O) groups is 1. The second-order valence-corrected chi connectivity index (χ2v) is 9.52. The Hall–Kier alpha value is -1.40. The maximum atomic E-state index is 13.3. The normalized spacial score (nSPS) is 40.2. The molecule has 4 saturated carbocycles. The maximum Gasteiger partial charge on any atom is 0.226 e. The van der Waals surface area contributed by atoms with Crippen LogP contribution in [0.4, 0.5) is 5.82 Å². The molecule has 6 nitrogen and oxygen atoms in total. The molecule has 27 heavy (non-hydrogen) atoms. The van der Waals surface area contributed by atoms with Crippen LogP contribution in [0.3, 0.4) is 0 Å². The van der Waals surface area contributed by atoms with E-state index in [-0.39, 0.29) is 28.8 Å². The van der Waals surface area contributed by atoms with Crippen LogP contribution in [0.2, 0.25) is 5.28 Å². The minimum absolute atomic E-state index is 0.137. The van der Waals surface area contributed by atoms with Crippen molar-refractivity contribution in [1.29, 1.82) is 0 Å². The summed E-state index contributed by atoms with van der Waals surface area (Å²) in [4.78, 5) is 23.8. The lowest BCUT2D eigenvalue weighted by Crippen LogP contribution is -2.60. The van der Waals surface area contributed by atoms with Gasteiger partial charge in [0.15, 0.2) is 0 Å². The molecule has 1 aromatic rings. The van der Waals surface area contributed by atoms with Crippen LogP contribution in [-0.2, 0) is 4.79 Å². The topological polar surface area (TPSA) is 78.4 Å². The van der Waals surface area contributed by atoms with Crippen molar-refractivity contribution < 1.29 is 9.90 Å². The van der Waals surface area contributed by atoms with Crippen molar-refractivity contribution in [2.24, 2.45) is 23.2 Å². The minimum atomic E-state index is -0.240. The standard InChI is InChI=1S/C20H27ClN4O2/c21-19-22-4-3-16(24-19)25-5-1-2-15(11-25)23-18(27)20-8-12-6-13(9-20)17(26)14(7-12)10-20/h3-4,12-15,17,26H,1-2,5-11H2,(H,23,27)/t12?,13?,14?,15-,17?,20?/m0/s1. The average molecular weight is 391 g/mol. The molecule has 0 spiro atoms. The van der Waals surface area contributed by atoms with Crippen molar-refractivity contribution in [3.8, 4) is 0 Å². The molecule has 0 radical (unpaired) electrons. The van der Waals surface area contributed by atoms with E-state index in [0.29, 0.717) is 17.8 Å². The van der Waals surface area contributed by atoms with Gasteiger partial charge in [-0.2, -0.15) is 0 Å². The predicted octanol–water partition coefficient (Wildman–Crippen LogP) is 2.40. The molecule has 2 heterocycles. The second kappa shape index (κ2) is 6.59. The number of rotatable bonds is 3. The number of carbonyl (C=O) groups excluding carboxylic acids is 1. The Morgan fingerprint density at radius 1 is 1.30 bits per heavy atom. The number of hydrogen-bond donors (Lipinski definition) is 2. The van der Waals surface area contributed by atoms with E-state index in [1.807, 2.05) is 6.07 Å². The fraction of sp³-hybridized carbons (Fsp3) is 0.750. The van der Waals surface area contributed by atoms with E-state index in [9.17, 15) is 9.90 Å². The Morgan fingerprint density at radius 3 is 2.81 bits per heavy atom. The molecule has 1 aliphatic heterocycles. The molecule has 5 fully saturated rings. The number of aliphatic hydroxyl groups is 1. The molecule has 2 N–H and O–H groups in total. The highest BCUT2D eigenvalue weighted by Crippen LogP contribution is 2.60. The monoisotopic (exact) mass is 390 g/mol. The molecule has 3 atom stereocenters. The number of piperidine rings is 1. The van der Waals surface area contributed by atoms with Gasteiger partial charge in [-0.05, 0) is 80.4 Å². The number of halogens is 1. The first kappa shape index (κ1) is 17.7. The molecular formula is C20H27ClN4O2. The number of amides is 1. The van der Waals surface area contributed by atoms with Crippen molar-refractivity contribution in [2.75, 3.05) is 18.0 Å². The van der Waals surface area contributed by atoms with Crippen LogP contribution in [0, 0.1) is 23.2 Å². The molecule has 1 saturated heterocycles. The molecular weight excluding hydrogens is 364 g/mol. The van der Waals surface area contributed by atoms with Gasteiger partial charge >= 0.3 is 0 Å². The molecule has 0 aromatic carbocycles. The van der Waals surface area contributed by atoms with E-state index < -0.39 is 0 Å². The zero-order valence-corrected chi connectivity index (χ0v) is 16.2. The van der Waals surface area contributed by atoms with E-state index >= 15 is 0 Å². The number of nitrogens with zero attached hydrogens (tertiary/aromatic N) is 3. The summed E-state index contributed by atoms with van der Waals surface area (Å²) in [5.41, 5.74) is -0.240. The summed E-state index contributed by atoms with van der Waals surface area (Å²) in [5.74, 6) is 2.33. The Bertz CT molecular complexity index is 728. The van der Waals surface area contributed by atoms with Gasteiger partial charge in [-0.3, -0.25) is 4.79 Å². The Morgan fingerprint density at radius 2 is 2.07 bits per heavy atom. The molecule has 5 aliphatic rings. The van der Waals surface area contributed by atoms with E-state index in [1.165, 1.54) is 0 Å². The van der Waals surface area contributed by atoms with E-state index in [2.05, 4.69) is 20.2 Å². The maximum absolute atomic E-state index is 13.3. The second-order valence-electron chi connectivity index (χ2n) is 9.18. The minimum Gasteiger partial charge on any atom is -0.393 e. The van der Waals surface area contributed by atoms with E-state index in [0.717, 1.165) is 63.9 Å². The summed E-state index contributed by atoms with van der Waals surface area (Å²) in [6, 6.07) is 2.01. The quantitative estimate of drug-likeness (QED) is 0.775. The molecule has 6 rings (SSSR count). The highest BCUT2D eigenvalue weighted by atomic mass is 35.5. The molecule has 146 valence electrons. The predicted molar refractivity (Wildman–Crippen MR) is 102 cm³/mol. The zero-order valence-electron chi connectivity index (χ0n) is 15.5. The molecule has 4 bridgehead atoms. The number of hydrogen-bond acceptors (Lipinski definition) is 5. The largest absolute Gasteiger partial charge is 0.393 e. The summed E-state index contributed by atoms with van der Waals surface area (Å²) in [6.45, 7) is 1.68. The number of aromatic nitrogens is 2. The van der Waals surface area contributed by atoms with Crippen LogP contribution in [-0.4, -0.2) is 46.2 Å². The van der Waals surface area contributed by atoms with Gasteiger partial charge in [-0.25, -0.2) is 9.97 Å². The fourth-order valence-electron chi connectivity index (χ4n) is 6.42. The summed E-state index contributed by atoms with van der Waals surface area (Å²) in [6.07, 6.45) is 8.47. The third-order valence-corrected chi connectivity index (χ3v) is 7.58. The van der Waals surface area contributed by atoms with Gasteiger partial charge in [-0.15, -0.1) is 0 Å². The lowest BCUT2D eigenvalue weighted by atomic mass is 9.48. The van der Waals surface area contributed by atoms with Gasteiger partial charge in [0.25, 0.3) is 0 Å².